The van der Waals surface area contributed by atoms with E-state index in [0.29, 0.717) is 13.0 Å². The molecule has 0 spiro atoms. The number of hydrogen-bond donors (Lipinski definition) is 2. The SMILES string of the molecule is NNC(=O)C1CCC(Cn2cncn2)O1. The van der Waals surface area contributed by atoms with Crippen LogP contribution in [0.5, 0.6) is 0 Å². The Morgan fingerprint density at radius 3 is 3.20 bits per heavy atom. The topological polar surface area (TPSA) is 95.1 Å². The molecule has 15 heavy (non-hydrogen) atoms. The molecule has 7 heteroatoms. The molecular weight excluding hydrogens is 198 g/mol. The Balaban J connectivity index is 1.85. The van der Waals surface area contributed by atoms with Crippen LogP contribution in [0, 0.1) is 0 Å². The number of nitrogens with zero attached hydrogens (tertiary/aromatic N) is 3. The second-order valence-corrected chi connectivity index (χ2v) is 3.45. The third kappa shape index (κ3) is 2.31. The molecule has 0 radical (unpaired) electrons. The quantitative estimate of drug-likeness (QED) is 0.372. The molecule has 0 bridgehead atoms. The largest absolute Gasteiger partial charge is 0.363 e. The van der Waals surface area contributed by atoms with E-state index in [1.165, 1.54) is 6.33 Å². The van der Waals surface area contributed by atoms with E-state index in [0.717, 1.165) is 6.42 Å². The molecule has 2 unspecified atom stereocenters. The molecule has 2 atom stereocenters. The normalized spacial score (nSPS) is 25.4. The molecule has 1 aromatic rings. The van der Waals surface area contributed by atoms with Crippen LogP contribution >= 0.6 is 0 Å². The van der Waals surface area contributed by atoms with Gasteiger partial charge in [-0.05, 0) is 12.8 Å². The van der Waals surface area contributed by atoms with Crippen LogP contribution < -0.4 is 11.3 Å². The number of hydrogen-bond acceptors (Lipinski definition) is 5. The van der Waals surface area contributed by atoms with Gasteiger partial charge < -0.3 is 4.74 Å². The van der Waals surface area contributed by atoms with Gasteiger partial charge in [0.15, 0.2) is 0 Å². The van der Waals surface area contributed by atoms with Gasteiger partial charge in [0.1, 0.15) is 18.8 Å². The van der Waals surface area contributed by atoms with Gasteiger partial charge in [-0.25, -0.2) is 10.8 Å². The number of aromatic nitrogens is 3. The second-order valence-electron chi connectivity index (χ2n) is 3.45. The van der Waals surface area contributed by atoms with Gasteiger partial charge in [-0.1, -0.05) is 0 Å². The third-order valence-electron chi connectivity index (χ3n) is 2.40. The molecule has 1 saturated heterocycles. The molecule has 1 aliphatic rings. The fourth-order valence-electron chi connectivity index (χ4n) is 1.66. The molecule has 2 rings (SSSR count). The van der Waals surface area contributed by atoms with Crippen LogP contribution in [0.1, 0.15) is 12.8 Å². The van der Waals surface area contributed by atoms with Crippen molar-refractivity contribution in [1.29, 1.82) is 0 Å². The van der Waals surface area contributed by atoms with Crippen molar-refractivity contribution in [2.24, 2.45) is 5.84 Å². The monoisotopic (exact) mass is 211 g/mol. The Morgan fingerprint density at radius 1 is 1.67 bits per heavy atom. The van der Waals surface area contributed by atoms with Crippen molar-refractivity contribution in [1.82, 2.24) is 20.2 Å². The number of rotatable bonds is 3. The Hall–Kier alpha value is -1.47. The van der Waals surface area contributed by atoms with Crippen LogP contribution in [0.2, 0.25) is 0 Å². The highest BCUT2D eigenvalue weighted by Gasteiger charge is 2.30. The summed E-state index contributed by atoms with van der Waals surface area (Å²) >= 11 is 0. The Kier molecular flexibility index (Phi) is 2.93. The summed E-state index contributed by atoms with van der Waals surface area (Å²) in [5.74, 6) is 4.76. The van der Waals surface area contributed by atoms with E-state index in [9.17, 15) is 4.79 Å². The molecule has 1 aromatic heterocycles. The fourth-order valence-corrected chi connectivity index (χ4v) is 1.66. The number of hydrazine groups is 1. The minimum atomic E-state index is -0.427. The van der Waals surface area contributed by atoms with Crippen LogP contribution in [-0.4, -0.2) is 32.9 Å². The van der Waals surface area contributed by atoms with E-state index in [1.807, 2.05) is 0 Å². The first-order chi connectivity index (χ1) is 7.29. The van der Waals surface area contributed by atoms with Crippen LogP contribution in [0.3, 0.4) is 0 Å². The predicted molar refractivity (Wildman–Crippen MR) is 50.2 cm³/mol. The molecular formula is C8H13N5O2. The second kappa shape index (κ2) is 4.37. The summed E-state index contributed by atoms with van der Waals surface area (Å²) < 4.78 is 7.19. The van der Waals surface area contributed by atoms with E-state index in [2.05, 4.69) is 15.5 Å². The summed E-state index contributed by atoms with van der Waals surface area (Å²) in [4.78, 5) is 15.0. The third-order valence-corrected chi connectivity index (χ3v) is 2.40. The van der Waals surface area contributed by atoms with E-state index in [4.69, 9.17) is 10.6 Å². The number of carbonyl (C=O) groups excluding carboxylic acids is 1. The van der Waals surface area contributed by atoms with Gasteiger partial charge in [0.2, 0.25) is 0 Å². The molecule has 7 nitrogen and oxygen atoms in total. The highest BCUT2D eigenvalue weighted by Crippen LogP contribution is 2.20. The summed E-state index contributed by atoms with van der Waals surface area (Å²) in [7, 11) is 0. The van der Waals surface area contributed by atoms with Crippen LogP contribution in [0.25, 0.3) is 0 Å². The summed E-state index contributed by atoms with van der Waals surface area (Å²) in [5, 5.41) is 3.97. The predicted octanol–water partition coefficient (Wildman–Crippen LogP) is -1.18. The van der Waals surface area contributed by atoms with Gasteiger partial charge in [-0.15, -0.1) is 0 Å². The zero-order valence-electron chi connectivity index (χ0n) is 8.17. The van der Waals surface area contributed by atoms with E-state index in [1.54, 1.807) is 11.0 Å². The van der Waals surface area contributed by atoms with Crippen LogP contribution in [0.15, 0.2) is 12.7 Å². The average molecular weight is 211 g/mol. The highest BCUT2D eigenvalue weighted by atomic mass is 16.5. The van der Waals surface area contributed by atoms with Gasteiger partial charge in [-0.3, -0.25) is 14.9 Å². The minimum Gasteiger partial charge on any atom is -0.363 e. The first-order valence-electron chi connectivity index (χ1n) is 4.78. The molecule has 82 valence electrons. The summed E-state index contributed by atoms with van der Waals surface area (Å²) in [6.45, 7) is 0.619. The standard InChI is InChI=1S/C8H13N5O2/c9-12-8(14)7-2-1-6(15-7)3-13-5-10-4-11-13/h4-7H,1-3,9H2,(H,12,14). The summed E-state index contributed by atoms with van der Waals surface area (Å²) in [6.07, 6.45) is 4.21. The maximum absolute atomic E-state index is 11.2. The van der Waals surface area contributed by atoms with Crippen molar-refractivity contribution in [2.45, 2.75) is 31.6 Å². The molecule has 1 aliphatic heterocycles. The smallest absolute Gasteiger partial charge is 0.263 e. The Labute approximate surface area is 86.6 Å². The van der Waals surface area contributed by atoms with Crippen molar-refractivity contribution in [3.8, 4) is 0 Å². The van der Waals surface area contributed by atoms with Crippen molar-refractivity contribution < 1.29 is 9.53 Å². The van der Waals surface area contributed by atoms with E-state index >= 15 is 0 Å². The summed E-state index contributed by atoms with van der Waals surface area (Å²) in [6, 6.07) is 0. The van der Waals surface area contributed by atoms with Gasteiger partial charge in [0.25, 0.3) is 5.91 Å². The summed E-state index contributed by atoms with van der Waals surface area (Å²) in [5.41, 5.74) is 2.09. The number of nitrogens with two attached hydrogens (primary N) is 1. The van der Waals surface area contributed by atoms with Gasteiger partial charge in [-0.2, -0.15) is 5.10 Å². The Morgan fingerprint density at radius 2 is 2.53 bits per heavy atom. The lowest BCUT2D eigenvalue weighted by molar-refractivity contribution is -0.132. The van der Waals surface area contributed by atoms with Gasteiger partial charge in [0, 0.05) is 0 Å². The van der Waals surface area contributed by atoms with Crippen molar-refractivity contribution >= 4 is 5.91 Å². The first-order valence-corrected chi connectivity index (χ1v) is 4.78. The molecule has 1 amide bonds. The maximum Gasteiger partial charge on any atom is 0.263 e. The number of amides is 1. The zero-order chi connectivity index (χ0) is 10.7. The zero-order valence-corrected chi connectivity index (χ0v) is 8.17. The van der Waals surface area contributed by atoms with Crippen LogP contribution in [-0.2, 0) is 16.1 Å². The lowest BCUT2D eigenvalue weighted by Crippen LogP contribution is -2.39. The molecule has 3 N–H and O–H groups in total. The van der Waals surface area contributed by atoms with E-state index in [-0.39, 0.29) is 12.0 Å². The van der Waals surface area contributed by atoms with Crippen molar-refractivity contribution in [3.63, 3.8) is 0 Å². The lowest BCUT2D eigenvalue weighted by Gasteiger charge is -2.11. The molecule has 2 heterocycles. The minimum absolute atomic E-state index is 0.00833. The number of carbonyl (C=O) groups is 1. The number of nitrogens with one attached hydrogen (secondary N) is 1. The molecule has 0 aliphatic carbocycles. The lowest BCUT2D eigenvalue weighted by atomic mass is 10.2. The molecule has 0 saturated carbocycles. The van der Waals surface area contributed by atoms with Crippen LogP contribution in [0.4, 0.5) is 0 Å². The molecule has 1 fully saturated rings. The highest BCUT2D eigenvalue weighted by molar-refractivity contribution is 5.80. The number of ether oxygens (including phenoxy) is 1. The van der Waals surface area contributed by atoms with Gasteiger partial charge in [0.05, 0.1) is 12.6 Å². The average Bonchev–Trinajstić information content (AvgIpc) is 2.88. The maximum atomic E-state index is 11.2. The van der Waals surface area contributed by atoms with Crippen molar-refractivity contribution in [3.05, 3.63) is 12.7 Å². The Bertz CT molecular complexity index is 326. The molecule has 0 aromatic carbocycles. The van der Waals surface area contributed by atoms with E-state index < -0.39 is 6.10 Å². The van der Waals surface area contributed by atoms with Crippen molar-refractivity contribution in [2.75, 3.05) is 0 Å². The van der Waals surface area contributed by atoms with Gasteiger partial charge >= 0.3 is 0 Å². The fraction of sp³-hybridized carbons (Fsp3) is 0.625. The first kappa shape index (κ1) is 10.1.